The standard InChI is InChI=1S/C30H30N6O3/c1-30(2)14-23-28(25(37)15-30)29(26-8-5-13-39-26)36(24-7-4-3-6-22(24)34-23)17-27(38)33-21-11-9-20(10-12-21)16-35-19-31-18-32-35/h3-13,18-19,29,34H,14-17H2,1-2H3,(H,33,38). The zero-order valence-electron chi connectivity index (χ0n) is 21.9. The van der Waals surface area contributed by atoms with Crippen LogP contribution in [0, 0.1) is 5.41 Å². The quantitative estimate of drug-likeness (QED) is 0.360. The summed E-state index contributed by atoms with van der Waals surface area (Å²) in [6.45, 7) is 4.84. The lowest BCUT2D eigenvalue weighted by Gasteiger charge is -2.36. The fraction of sp³-hybridized carbons (Fsp3) is 0.267. The summed E-state index contributed by atoms with van der Waals surface area (Å²) in [5.41, 5.74) is 4.79. The number of nitrogens with one attached hydrogen (secondary N) is 2. The maximum Gasteiger partial charge on any atom is 0.243 e. The Labute approximate surface area is 226 Å². The molecule has 6 rings (SSSR count). The average molecular weight is 523 g/mol. The number of allylic oxidation sites excluding steroid dienone is 1. The highest BCUT2D eigenvalue weighted by molar-refractivity contribution is 6.02. The molecule has 2 aromatic carbocycles. The molecule has 0 saturated heterocycles. The van der Waals surface area contributed by atoms with Crippen molar-refractivity contribution in [1.82, 2.24) is 14.8 Å². The molecule has 9 nitrogen and oxygen atoms in total. The number of furan rings is 1. The fourth-order valence-electron chi connectivity index (χ4n) is 5.52. The van der Waals surface area contributed by atoms with Gasteiger partial charge in [-0.2, -0.15) is 5.10 Å². The molecule has 1 aliphatic heterocycles. The van der Waals surface area contributed by atoms with Crippen LogP contribution in [0.5, 0.6) is 0 Å². The summed E-state index contributed by atoms with van der Waals surface area (Å²) in [6.07, 6.45) is 5.93. The average Bonchev–Trinajstić information content (AvgIpc) is 3.59. The highest BCUT2D eigenvalue weighted by atomic mass is 16.3. The number of benzene rings is 2. The molecule has 39 heavy (non-hydrogen) atoms. The van der Waals surface area contributed by atoms with Gasteiger partial charge in [0.15, 0.2) is 5.78 Å². The number of hydrogen-bond donors (Lipinski definition) is 2. The Kier molecular flexibility index (Phi) is 6.26. The van der Waals surface area contributed by atoms with Crippen molar-refractivity contribution < 1.29 is 14.0 Å². The summed E-state index contributed by atoms with van der Waals surface area (Å²) in [7, 11) is 0. The molecule has 0 fully saturated rings. The largest absolute Gasteiger partial charge is 0.467 e. The third-order valence-electron chi connectivity index (χ3n) is 7.18. The number of ketones is 1. The Bertz CT molecular complexity index is 1520. The summed E-state index contributed by atoms with van der Waals surface area (Å²) in [5.74, 6) is 0.494. The Morgan fingerprint density at radius 2 is 1.92 bits per heavy atom. The predicted octanol–water partition coefficient (Wildman–Crippen LogP) is 5.17. The minimum absolute atomic E-state index is 0.0260. The molecule has 0 radical (unpaired) electrons. The van der Waals surface area contributed by atoms with Gasteiger partial charge in [0, 0.05) is 23.4 Å². The van der Waals surface area contributed by atoms with E-state index in [9.17, 15) is 9.59 Å². The SMILES string of the molecule is CC1(C)CC(=O)C2=C(C1)Nc1ccccc1N(CC(=O)Nc1ccc(Cn3cncn3)cc1)C2c1ccco1. The summed E-state index contributed by atoms with van der Waals surface area (Å²) >= 11 is 0. The van der Waals surface area contributed by atoms with Crippen LogP contribution in [0.25, 0.3) is 0 Å². The van der Waals surface area contributed by atoms with Crippen LogP contribution in [0.15, 0.2) is 95.3 Å². The van der Waals surface area contributed by atoms with Gasteiger partial charge in [-0.25, -0.2) is 9.67 Å². The number of nitrogens with zero attached hydrogens (tertiary/aromatic N) is 4. The van der Waals surface area contributed by atoms with Gasteiger partial charge in [-0.3, -0.25) is 9.59 Å². The first-order valence-corrected chi connectivity index (χ1v) is 13.0. The number of amides is 1. The second kappa shape index (κ2) is 9.90. The molecule has 9 heteroatoms. The molecule has 1 aliphatic carbocycles. The van der Waals surface area contributed by atoms with Gasteiger partial charge in [-0.15, -0.1) is 0 Å². The van der Waals surface area contributed by atoms with Gasteiger partial charge in [-0.05, 0) is 53.8 Å². The summed E-state index contributed by atoms with van der Waals surface area (Å²) in [6, 6.07) is 18.6. The number of hydrogen-bond acceptors (Lipinski definition) is 7. The maximum absolute atomic E-state index is 13.6. The van der Waals surface area contributed by atoms with Gasteiger partial charge < -0.3 is 20.0 Å². The molecular weight excluding hydrogens is 492 g/mol. The van der Waals surface area contributed by atoms with Crippen LogP contribution >= 0.6 is 0 Å². The van der Waals surface area contributed by atoms with E-state index in [0.717, 1.165) is 29.1 Å². The van der Waals surface area contributed by atoms with Crippen molar-refractivity contribution in [2.75, 3.05) is 22.1 Å². The van der Waals surface area contributed by atoms with Crippen LogP contribution in [-0.4, -0.2) is 33.0 Å². The van der Waals surface area contributed by atoms with Crippen molar-refractivity contribution in [1.29, 1.82) is 0 Å². The van der Waals surface area contributed by atoms with Crippen molar-refractivity contribution in [3.63, 3.8) is 0 Å². The maximum atomic E-state index is 13.6. The van der Waals surface area contributed by atoms with Crippen molar-refractivity contribution in [2.45, 2.75) is 39.3 Å². The van der Waals surface area contributed by atoms with Gasteiger partial charge in [0.1, 0.15) is 24.5 Å². The van der Waals surface area contributed by atoms with E-state index in [1.807, 2.05) is 65.6 Å². The Morgan fingerprint density at radius 3 is 2.67 bits per heavy atom. The molecule has 2 aliphatic rings. The molecule has 2 N–H and O–H groups in total. The van der Waals surface area contributed by atoms with Gasteiger partial charge >= 0.3 is 0 Å². The molecule has 2 aromatic heterocycles. The predicted molar refractivity (Wildman–Crippen MR) is 148 cm³/mol. The molecule has 1 unspecified atom stereocenters. The van der Waals surface area contributed by atoms with Crippen LogP contribution in [0.2, 0.25) is 0 Å². The van der Waals surface area contributed by atoms with Gasteiger partial charge in [0.25, 0.3) is 0 Å². The number of aromatic nitrogens is 3. The van der Waals surface area contributed by atoms with Crippen molar-refractivity contribution in [3.8, 4) is 0 Å². The first kappa shape index (κ1) is 24.7. The van der Waals surface area contributed by atoms with Crippen LogP contribution in [0.1, 0.15) is 44.1 Å². The van der Waals surface area contributed by atoms with E-state index < -0.39 is 6.04 Å². The van der Waals surface area contributed by atoms with Gasteiger partial charge in [-0.1, -0.05) is 38.1 Å². The van der Waals surface area contributed by atoms with E-state index in [1.165, 1.54) is 6.33 Å². The van der Waals surface area contributed by atoms with Crippen LogP contribution < -0.4 is 15.5 Å². The molecule has 1 atom stereocenters. The second-order valence-corrected chi connectivity index (χ2v) is 10.9. The van der Waals surface area contributed by atoms with Crippen LogP contribution in [0.3, 0.4) is 0 Å². The number of carbonyl (C=O) groups is 2. The summed E-state index contributed by atoms with van der Waals surface area (Å²) in [5, 5.41) is 10.7. The summed E-state index contributed by atoms with van der Waals surface area (Å²) in [4.78, 5) is 33.1. The normalized spacial score (nSPS) is 18.2. The third kappa shape index (κ3) is 5.07. The van der Waals surface area contributed by atoms with E-state index in [4.69, 9.17) is 4.42 Å². The highest BCUT2D eigenvalue weighted by Gasteiger charge is 2.42. The van der Waals surface area contributed by atoms with Crippen molar-refractivity contribution in [2.24, 2.45) is 5.41 Å². The molecule has 0 bridgehead atoms. The van der Waals surface area contributed by atoms with Gasteiger partial charge in [0.05, 0.1) is 30.7 Å². The monoisotopic (exact) mass is 522 g/mol. The molecule has 3 heterocycles. The number of anilines is 3. The van der Waals surface area contributed by atoms with E-state index >= 15 is 0 Å². The molecule has 1 amide bonds. The van der Waals surface area contributed by atoms with Crippen molar-refractivity contribution >= 4 is 28.8 Å². The Morgan fingerprint density at radius 1 is 1.10 bits per heavy atom. The first-order chi connectivity index (χ1) is 18.9. The zero-order chi connectivity index (χ0) is 27.0. The van der Waals surface area contributed by atoms with Crippen molar-refractivity contribution in [3.05, 3.63) is 102 Å². The lowest BCUT2D eigenvalue weighted by molar-refractivity contribution is -0.119. The fourth-order valence-corrected chi connectivity index (χ4v) is 5.52. The number of rotatable bonds is 6. The molecule has 0 spiro atoms. The molecular formula is C30H30N6O3. The van der Waals surface area contributed by atoms with Crippen LogP contribution in [0.4, 0.5) is 17.1 Å². The smallest absolute Gasteiger partial charge is 0.243 e. The lowest BCUT2D eigenvalue weighted by Crippen LogP contribution is -2.40. The minimum atomic E-state index is -0.537. The first-order valence-electron chi connectivity index (χ1n) is 13.0. The van der Waals surface area contributed by atoms with Crippen LogP contribution in [-0.2, 0) is 16.1 Å². The number of fused-ring (bicyclic) bond motifs is 1. The number of carbonyl (C=O) groups excluding carboxylic acids is 2. The Balaban J connectivity index is 1.31. The second-order valence-electron chi connectivity index (χ2n) is 10.9. The topological polar surface area (TPSA) is 105 Å². The number of para-hydroxylation sites is 2. The third-order valence-corrected chi connectivity index (χ3v) is 7.18. The van der Waals surface area contributed by atoms with E-state index in [0.29, 0.717) is 30.0 Å². The van der Waals surface area contributed by atoms with E-state index in [-0.39, 0.29) is 23.7 Å². The van der Waals surface area contributed by atoms with E-state index in [2.05, 4.69) is 34.6 Å². The summed E-state index contributed by atoms with van der Waals surface area (Å²) < 4.78 is 7.62. The number of Topliss-reactive ketones (excluding diaryl/α,β-unsaturated/α-hetero) is 1. The van der Waals surface area contributed by atoms with E-state index in [1.54, 1.807) is 17.3 Å². The zero-order valence-corrected chi connectivity index (χ0v) is 21.9. The molecule has 4 aromatic rings. The Hall–Kier alpha value is -4.66. The highest BCUT2D eigenvalue weighted by Crippen LogP contribution is 2.48. The van der Waals surface area contributed by atoms with Gasteiger partial charge in [0.2, 0.25) is 5.91 Å². The molecule has 0 saturated carbocycles. The molecule has 198 valence electrons. The lowest BCUT2D eigenvalue weighted by atomic mass is 9.74. The minimum Gasteiger partial charge on any atom is -0.467 e.